The number of rotatable bonds is 2. The highest BCUT2D eigenvalue weighted by atomic mass is 32.1. The lowest BCUT2D eigenvalue weighted by Crippen LogP contribution is -1.89. The van der Waals surface area contributed by atoms with E-state index in [4.69, 9.17) is 10.5 Å². The van der Waals surface area contributed by atoms with Gasteiger partial charge < -0.3 is 10.5 Å². The van der Waals surface area contributed by atoms with Crippen LogP contribution in [0.25, 0.3) is 10.6 Å². The van der Waals surface area contributed by atoms with E-state index in [0.717, 1.165) is 4.88 Å². The molecule has 2 aromatic rings. The largest absolute Gasteiger partial charge is 0.497 e. The number of thiazole rings is 1. The molecule has 0 amide bonds. The Morgan fingerprint density at radius 1 is 1.44 bits per heavy atom. The minimum absolute atomic E-state index is 0.354. The molecule has 16 heavy (non-hydrogen) atoms. The second kappa shape index (κ2) is 4.09. The normalized spacial score (nSPS) is 10.4. The number of hydrogen-bond donors (Lipinski definition) is 1. The number of nitrogens with two attached hydrogens (primary N) is 1. The van der Waals surface area contributed by atoms with E-state index in [1.165, 1.54) is 24.5 Å². The van der Waals surface area contributed by atoms with Gasteiger partial charge in [0.15, 0.2) is 0 Å². The molecule has 2 N–H and O–H groups in total. The fourth-order valence-electron chi connectivity index (χ4n) is 1.32. The van der Waals surface area contributed by atoms with Crippen molar-refractivity contribution in [2.75, 3.05) is 12.8 Å². The van der Waals surface area contributed by atoms with E-state index in [9.17, 15) is 4.39 Å². The maximum atomic E-state index is 13.7. The fraction of sp³-hybridized carbons (Fsp3) is 0.182. The van der Waals surface area contributed by atoms with Crippen molar-refractivity contribution in [3.8, 4) is 16.3 Å². The Morgan fingerprint density at radius 3 is 2.69 bits per heavy atom. The maximum Gasteiger partial charge on any atom is 0.138 e. The Morgan fingerprint density at radius 2 is 2.19 bits per heavy atom. The van der Waals surface area contributed by atoms with Gasteiger partial charge in [-0.25, -0.2) is 9.37 Å². The first kappa shape index (κ1) is 10.9. The molecule has 0 saturated carbocycles. The molecule has 1 aromatic carbocycles. The summed E-state index contributed by atoms with van der Waals surface area (Å²) in [6.45, 7) is 1.86. The quantitative estimate of drug-likeness (QED) is 0.875. The van der Waals surface area contributed by atoms with Crippen molar-refractivity contribution in [3.05, 3.63) is 28.9 Å². The molecule has 0 saturated heterocycles. The molecule has 0 aliphatic carbocycles. The summed E-state index contributed by atoms with van der Waals surface area (Å²) in [6.07, 6.45) is 0. The summed E-state index contributed by atoms with van der Waals surface area (Å²) in [5.74, 6) is 0.589. The number of aryl methyl sites for hydroxylation is 1. The minimum atomic E-state index is -0.354. The molecule has 0 unspecified atom stereocenters. The van der Waals surface area contributed by atoms with Gasteiger partial charge in [0.2, 0.25) is 0 Å². The van der Waals surface area contributed by atoms with E-state index in [-0.39, 0.29) is 5.82 Å². The molecule has 0 bridgehead atoms. The Bertz CT molecular complexity index is 505. The van der Waals surface area contributed by atoms with Crippen LogP contribution in [0.2, 0.25) is 0 Å². The van der Waals surface area contributed by atoms with Crippen LogP contribution in [0.1, 0.15) is 4.88 Å². The number of nitrogen functional groups attached to an aromatic ring is 1. The molecule has 0 fully saturated rings. The summed E-state index contributed by atoms with van der Waals surface area (Å²) in [7, 11) is 1.50. The molecule has 0 aliphatic rings. The molecular weight excluding hydrogens is 227 g/mol. The zero-order valence-corrected chi connectivity index (χ0v) is 9.77. The van der Waals surface area contributed by atoms with Crippen molar-refractivity contribution in [3.63, 3.8) is 0 Å². The van der Waals surface area contributed by atoms with Gasteiger partial charge in [0.25, 0.3) is 0 Å². The lowest BCUT2D eigenvalue weighted by atomic mass is 10.2. The van der Waals surface area contributed by atoms with E-state index < -0.39 is 0 Å². The Hall–Kier alpha value is -1.62. The van der Waals surface area contributed by atoms with Gasteiger partial charge in [-0.2, -0.15) is 0 Å². The number of hydrogen-bond acceptors (Lipinski definition) is 4. The molecule has 1 heterocycles. The number of ether oxygens (including phenoxy) is 1. The van der Waals surface area contributed by atoms with Gasteiger partial charge in [-0.3, -0.25) is 0 Å². The zero-order valence-electron chi connectivity index (χ0n) is 8.95. The van der Waals surface area contributed by atoms with E-state index >= 15 is 0 Å². The molecule has 1 aromatic heterocycles. The van der Waals surface area contributed by atoms with Crippen LogP contribution in [0.4, 0.5) is 10.2 Å². The lowest BCUT2D eigenvalue weighted by molar-refractivity contribution is 0.411. The van der Waals surface area contributed by atoms with Crippen LogP contribution >= 0.6 is 11.3 Å². The fourth-order valence-corrected chi connectivity index (χ4v) is 2.18. The molecule has 0 radical (unpaired) electrons. The van der Waals surface area contributed by atoms with Crippen molar-refractivity contribution in [1.29, 1.82) is 0 Å². The highest BCUT2D eigenvalue weighted by molar-refractivity contribution is 7.15. The summed E-state index contributed by atoms with van der Waals surface area (Å²) < 4.78 is 18.6. The SMILES string of the molecule is COc1ccc(-c2nc(N)c(C)s2)c(F)c1. The Labute approximate surface area is 96.7 Å². The summed E-state index contributed by atoms with van der Waals surface area (Å²) in [5, 5.41) is 0.593. The molecule has 84 valence electrons. The van der Waals surface area contributed by atoms with Crippen LogP contribution in [0.5, 0.6) is 5.75 Å². The zero-order chi connectivity index (χ0) is 11.7. The Balaban J connectivity index is 2.48. The number of benzene rings is 1. The predicted molar refractivity (Wildman–Crippen MR) is 63.2 cm³/mol. The monoisotopic (exact) mass is 238 g/mol. The number of halogens is 1. The molecule has 5 heteroatoms. The molecular formula is C11H11FN2OS. The average molecular weight is 238 g/mol. The van der Waals surface area contributed by atoms with Gasteiger partial charge in [-0.05, 0) is 19.1 Å². The summed E-state index contributed by atoms with van der Waals surface area (Å²) >= 11 is 1.38. The summed E-state index contributed by atoms with van der Waals surface area (Å²) in [6, 6.07) is 4.68. The van der Waals surface area contributed by atoms with Crippen LogP contribution in [-0.4, -0.2) is 12.1 Å². The molecule has 3 nitrogen and oxygen atoms in total. The average Bonchev–Trinajstić information content (AvgIpc) is 2.58. The van der Waals surface area contributed by atoms with E-state index in [0.29, 0.717) is 22.1 Å². The van der Waals surface area contributed by atoms with Gasteiger partial charge in [-0.1, -0.05) is 0 Å². The summed E-state index contributed by atoms with van der Waals surface area (Å²) in [5.41, 5.74) is 6.09. The van der Waals surface area contributed by atoms with Gasteiger partial charge in [0.05, 0.1) is 7.11 Å². The number of nitrogens with zero attached hydrogens (tertiary/aromatic N) is 1. The van der Waals surface area contributed by atoms with Crippen molar-refractivity contribution >= 4 is 17.2 Å². The van der Waals surface area contributed by atoms with Gasteiger partial charge in [0.1, 0.15) is 22.4 Å². The minimum Gasteiger partial charge on any atom is -0.497 e. The van der Waals surface area contributed by atoms with Crippen molar-refractivity contribution in [2.45, 2.75) is 6.92 Å². The first-order chi connectivity index (χ1) is 7.61. The van der Waals surface area contributed by atoms with Crippen molar-refractivity contribution in [1.82, 2.24) is 4.98 Å². The predicted octanol–water partition coefficient (Wildman–Crippen LogP) is 2.85. The van der Waals surface area contributed by atoms with Crippen LogP contribution < -0.4 is 10.5 Å². The third kappa shape index (κ3) is 1.86. The summed E-state index contributed by atoms with van der Waals surface area (Å²) in [4.78, 5) is 5.01. The molecule has 2 rings (SSSR count). The Kier molecular flexibility index (Phi) is 2.78. The molecule has 0 atom stereocenters. The van der Waals surface area contributed by atoms with Crippen LogP contribution in [0.3, 0.4) is 0 Å². The first-order valence-electron chi connectivity index (χ1n) is 4.68. The maximum absolute atomic E-state index is 13.7. The van der Waals surface area contributed by atoms with E-state index in [1.807, 2.05) is 6.92 Å². The smallest absolute Gasteiger partial charge is 0.138 e. The second-order valence-corrected chi connectivity index (χ2v) is 4.51. The highest BCUT2D eigenvalue weighted by Gasteiger charge is 2.11. The first-order valence-corrected chi connectivity index (χ1v) is 5.50. The van der Waals surface area contributed by atoms with Gasteiger partial charge >= 0.3 is 0 Å². The van der Waals surface area contributed by atoms with E-state index in [2.05, 4.69) is 4.98 Å². The highest BCUT2D eigenvalue weighted by Crippen LogP contribution is 2.31. The van der Waals surface area contributed by atoms with Crippen molar-refractivity contribution < 1.29 is 9.13 Å². The second-order valence-electron chi connectivity index (χ2n) is 3.31. The number of aromatic nitrogens is 1. The standard InChI is InChI=1S/C11H11FN2OS/c1-6-10(13)14-11(16-6)8-4-3-7(15-2)5-9(8)12/h3-5H,13H2,1-2H3. The van der Waals surface area contributed by atoms with Gasteiger partial charge in [-0.15, -0.1) is 11.3 Å². The van der Waals surface area contributed by atoms with E-state index in [1.54, 1.807) is 12.1 Å². The van der Waals surface area contributed by atoms with Gasteiger partial charge in [0, 0.05) is 16.5 Å². The van der Waals surface area contributed by atoms with Crippen LogP contribution in [0, 0.1) is 12.7 Å². The third-order valence-electron chi connectivity index (χ3n) is 2.24. The topological polar surface area (TPSA) is 48.1 Å². The molecule has 0 aliphatic heterocycles. The molecule has 0 spiro atoms. The van der Waals surface area contributed by atoms with Crippen LogP contribution in [0.15, 0.2) is 18.2 Å². The van der Waals surface area contributed by atoms with Crippen LogP contribution in [-0.2, 0) is 0 Å². The lowest BCUT2D eigenvalue weighted by Gasteiger charge is -2.02. The third-order valence-corrected chi connectivity index (χ3v) is 3.26. The van der Waals surface area contributed by atoms with Crippen molar-refractivity contribution in [2.24, 2.45) is 0 Å². The number of methoxy groups -OCH3 is 1. The number of anilines is 1.